The van der Waals surface area contributed by atoms with E-state index in [4.69, 9.17) is 15.7 Å². The van der Waals surface area contributed by atoms with E-state index in [1.54, 1.807) is 6.20 Å². The number of benzene rings is 1. The van der Waals surface area contributed by atoms with Gasteiger partial charge in [-0.25, -0.2) is 4.99 Å². The molecule has 2 N–H and O–H groups in total. The third kappa shape index (κ3) is 3.48. The highest BCUT2D eigenvalue weighted by Gasteiger charge is 2.41. The number of hydrogen-bond acceptors (Lipinski definition) is 5. The second-order valence-electron chi connectivity index (χ2n) is 7.55. The average Bonchev–Trinajstić information content (AvgIpc) is 3.09. The quantitative estimate of drug-likeness (QED) is 0.726. The number of nitrogens with two attached hydrogens (primary N) is 1. The maximum Gasteiger partial charge on any atom is 0.192 e. The Hall–Kier alpha value is -3.21. The minimum atomic E-state index is -0.548. The molecule has 2 aromatic heterocycles. The molecule has 0 saturated heterocycles. The number of nitrogens with zero attached hydrogens (tertiary/aromatic N) is 4. The molecule has 0 saturated carbocycles. The van der Waals surface area contributed by atoms with E-state index in [9.17, 15) is 0 Å². The molecule has 0 fully saturated rings. The van der Waals surface area contributed by atoms with Crippen LogP contribution in [0, 0.1) is 0 Å². The Morgan fingerprint density at radius 2 is 1.69 bits per heavy atom. The highest BCUT2D eigenvalue weighted by Crippen LogP contribution is 2.40. The highest BCUT2D eigenvalue weighted by molar-refractivity contribution is 5.82. The standard InChI is InChI=1S/C24H27N5/c1-4-21-13-20(14-22(5-2)27-21)24(16-29(3)23(25)28-24)19-10-6-8-17(12-19)18-9-7-11-26-15-18/h6-15H,4-5,16H2,1-3H3,(H2,25,28). The third-order valence-corrected chi connectivity index (χ3v) is 5.63. The van der Waals surface area contributed by atoms with Gasteiger partial charge in [0.1, 0.15) is 5.54 Å². The maximum atomic E-state index is 6.27. The number of likely N-dealkylation sites (N-methyl/N-ethyl adjacent to an activating group) is 1. The number of pyridine rings is 2. The lowest BCUT2D eigenvalue weighted by Gasteiger charge is -2.29. The number of rotatable bonds is 5. The van der Waals surface area contributed by atoms with Crippen molar-refractivity contribution in [2.75, 3.05) is 13.6 Å². The summed E-state index contributed by atoms with van der Waals surface area (Å²) in [6, 6.07) is 17.0. The van der Waals surface area contributed by atoms with Gasteiger partial charge < -0.3 is 10.6 Å². The summed E-state index contributed by atoms with van der Waals surface area (Å²) >= 11 is 0. The first kappa shape index (κ1) is 19.1. The molecule has 1 aliphatic heterocycles. The summed E-state index contributed by atoms with van der Waals surface area (Å²) in [5, 5.41) is 0. The van der Waals surface area contributed by atoms with Crippen molar-refractivity contribution in [3.8, 4) is 11.1 Å². The number of aliphatic imine (C=N–C) groups is 1. The van der Waals surface area contributed by atoms with Crippen LogP contribution in [0.3, 0.4) is 0 Å². The van der Waals surface area contributed by atoms with Crippen LogP contribution in [0.1, 0.15) is 36.4 Å². The Bertz CT molecular complexity index is 1020. The van der Waals surface area contributed by atoms with Gasteiger partial charge in [0.05, 0.1) is 6.54 Å². The van der Waals surface area contributed by atoms with Crippen molar-refractivity contribution >= 4 is 5.96 Å². The molecule has 0 amide bonds. The predicted molar refractivity (Wildman–Crippen MR) is 118 cm³/mol. The Labute approximate surface area is 172 Å². The lowest BCUT2D eigenvalue weighted by molar-refractivity contribution is 0.431. The van der Waals surface area contributed by atoms with E-state index in [1.165, 1.54) is 0 Å². The molecule has 3 aromatic rings. The zero-order valence-electron chi connectivity index (χ0n) is 17.3. The summed E-state index contributed by atoms with van der Waals surface area (Å²) in [5.41, 5.74) is 12.4. The predicted octanol–water partition coefficient (Wildman–Crippen LogP) is 3.77. The van der Waals surface area contributed by atoms with E-state index in [0.29, 0.717) is 12.5 Å². The molecule has 148 valence electrons. The number of hydrogen-bond donors (Lipinski definition) is 1. The second-order valence-corrected chi connectivity index (χ2v) is 7.55. The molecule has 1 aliphatic rings. The smallest absolute Gasteiger partial charge is 0.192 e. The minimum Gasteiger partial charge on any atom is -0.370 e. The molecule has 3 heterocycles. The van der Waals surface area contributed by atoms with Crippen molar-refractivity contribution in [2.45, 2.75) is 32.2 Å². The van der Waals surface area contributed by atoms with Crippen LogP contribution in [0.15, 0.2) is 65.9 Å². The molecular weight excluding hydrogens is 358 g/mol. The van der Waals surface area contributed by atoms with Crippen molar-refractivity contribution in [1.82, 2.24) is 14.9 Å². The van der Waals surface area contributed by atoms with Crippen LogP contribution >= 0.6 is 0 Å². The summed E-state index contributed by atoms with van der Waals surface area (Å²) in [5.74, 6) is 0.560. The van der Waals surface area contributed by atoms with Crippen molar-refractivity contribution in [1.29, 1.82) is 0 Å². The molecule has 0 bridgehead atoms. The lowest BCUT2D eigenvalue weighted by Crippen LogP contribution is -2.35. The zero-order chi connectivity index (χ0) is 20.4. The second kappa shape index (κ2) is 7.66. The van der Waals surface area contributed by atoms with Crippen LogP contribution in [0.25, 0.3) is 11.1 Å². The van der Waals surface area contributed by atoms with Gasteiger partial charge in [0.25, 0.3) is 0 Å². The van der Waals surface area contributed by atoms with Crippen LogP contribution < -0.4 is 5.73 Å². The highest BCUT2D eigenvalue weighted by atomic mass is 15.3. The van der Waals surface area contributed by atoms with E-state index in [-0.39, 0.29) is 0 Å². The number of aromatic nitrogens is 2. The third-order valence-electron chi connectivity index (χ3n) is 5.63. The van der Waals surface area contributed by atoms with Crippen molar-refractivity contribution in [3.63, 3.8) is 0 Å². The molecule has 1 aromatic carbocycles. The molecule has 0 radical (unpaired) electrons. The van der Waals surface area contributed by atoms with Gasteiger partial charge in [0, 0.05) is 30.8 Å². The van der Waals surface area contributed by atoms with Crippen molar-refractivity contribution < 1.29 is 0 Å². The van der Waals surface area contributed by atoms with Gasteiger partial charge >= 0.3 is 0 Å². The molecule has 5 nitrogen and oxygen atoms in total. The fraction of sp³-hybridized carbons (Fsp3) is 0.292. The van der Waals surface area contributed by atoms with E-state index in [2.05, 4.69) is 61.3 Å². The molecule has 0 spiro atoms. The molecular formula is C24H27N5. The monoisotopic (exact) mass is 385 g/mol. The van der Waals surface area contributed by atoms with Gasteiger partial charge in [-0.05, 0) is 59.4 Å². The molecule has 5 heteroatoms. The number of aryl methyl sites for hydroxylation is 2. The fourth-order valence-electron chi connectivity index (χ4n) is 3.96. The van der Waals surface area contributed by atoms with Crippen LogP contribution in [0.5, 0.6) is 0 Å². The largest absolute Gasteiger partial charge is 0.370 e. The Morgan fingerprint density at radius 3 is 2.28 bits per heavy atom. The summed E-state index contributed by atoms with van der Waals surface area (Å²) in [6.07, 6.45) is 5.46. The average molecular weight is 386 g/mol. The van der Waals surface area contributed by atoms with E-state index < -0.39 is 5.54 Å². The SMILES string of the molecule is CCc1cc(C2(c3cccc(-c4cccnc4)c3)CN(C)C(N)=N2)cc(CC)n1. The molecule has 29 heavy (non-hydrogen) atoms. The van der Waals surface area contributed by atoms with Crippen LogP contribution in [0.4, 0.5) is 0 Å². The first-order valence-electron chi connectivity index (χ1n) is 10.1. The van der Waals surface area contributed by atoms with E-state index >= 15 is 0 Å². The maximum absolute atomic E-state index is 6.27. The zero-order valence-corrected chi connectivity index (χ0v) is 17.3. The normalized spacial score (nSPS) is 18.7. The van der Waals surface area contributed by atoms with E-state index in [0.717, 1.165) is 46.5 Å². The summed E-state index contributed by atoms with van der Waals surface area (Å²) in [7, 11) is 1.99. The Balaban J connectivity index is 1.91. The summed E-state index contributed by atoms with van der Waals surface area (Å²) in [6.45, 7) is 4.98. The number of guanidine groups is 1. The molecule has 1 atom stereocenters. The first-order chi connectivity index (χ1) is 14.1. The minimum absolute atomic E-state index is 0.548. The van der Waals surface area contributed by atoms with Crippen LogP contribution in [0.2, 0.25) is 0 Å². The van der Waals surface area contributed by atoms with E-state index in [1.807, 2.05) is 24.2 Å². The van der Waals surface area contributed by atoms with Crippen molar-refractivity contribution in [2.24, 2.45) is 10.7 Å². The Kier molecular flexibility index (Phi) is 5.05. The van der Waals surface area contributed by atoms with Gasteiger partial charge in [-0.15, -0.1) is 0 Å². The molecule has 0 aliphatic carbocycles. The van der Waals surface area contributed by atoms with Gasteiger partial charge in [-0.1, -0.05) is 38.1 Å². The Morgan fingerprint density at radius 1 is 0.966 bits per heavy atom. The van der Waals surface area contributed by atoms with Gasteiger partial charge in [-0.3, -0.25) is 9.97 Å². The van der Waals surface area contributed by atoms with Gasteiger partial charge in [-0.2, -0.15) is 0 Å². The first-order valence-corrected chi connectivity index (χ1v) is 10.1. The summed E-state index contributed by atoms with van der Waals surface area (Å²) < 4.78 is 0. The lowest BCUT2D eigenvalue weighted by atomic mass is 9.82. The van der Waals surface area contributed by atoms with Crippen molar-refractivity contribution in [3.05, 3.63) is 83.4 Å². The van der Waals surface area contributed by atoms with Gasteiger partial charge in [0.15, 0.2) is 5.96 Å². The fourth-order valence-corrected chi connectivity index (χ4v) is 3.96. The topological polar surface area (TPSA) is 67.4 Å². The van der Waals surface area contributed by atoms with Crippen LogP contribution in [-0.4, -0.2) is 34.4 Å². The summed E-state index contributed by atoms with van der Waals surface area (Å²) in [4.78, 5) is 16.1. The van der Waals surface area contributed by atoms with Gasteiger partial charge in [0.2, 0.25) is 0 Å². The van der Waals surface area contributed by atoms with Crippen LogP contribution in [-0.2, 0) is 18.4 Å². The molecule has 1 unspecified atom stereocenters. The molecule has 4 rings (SSSR count).